The molecule has 0 fully saturated rings. The van der Waals surface area contributed by atoms with Gasteiger partial charge in [0.2, 0.25) is 0 Å². The van der Waals surface area contributed by atoms with Gasteiger partial charge in [0.1, 0.15) is 0 Å². The minimum atomic E-state index is -2.00. The number of hydrogen-bond donors (Lipinski definition) is 0. The molecule has 146 valence electrons. The lowest BCUT2D eigenvalue weighted by Crippen LogP contribution is -2.40. The zero-order valence-corrected chi connectivity index (χ0v) is 19.1. The molecule has 0 aliphatic heterocycles. The second-order valence-corrected chi connectivity index (χ2v) is 13.6. The molecule has 0 atom stereocenters. The molecule has 0 heterocycles. The summed E-state index contributed by atoms with van der Waals surface area (Å²) in [7, 11) is -4.01. The molecule has 0 rings (SSSR count). The van der Waals surface area contributed by atoms with E-state index in [4.69, 9.17) is 17.7 Å². The summed E-state index contributed by atoms with van der Waals surface area (Å²) in [5.41, 5.74) is 0. The lowest BCUT2D eigenvalue weighted by Gasteiger charge is -2.29. The number of hydrogen-bond acceptors (Lipinski definition) is 4. The van der Waals surface area contributed by atoms with Crippen molar-refractivity contribution in [2.75, 3.05) is 26.4 Å². The average Bonchev–Trinajstić information content (AvgIpc) is 2.59. The summed E-state index contributed by atoms with van der Waals surface area (Å²) >= 11 is 0. The van der Waals surface area contributed by atoms with Crippen LogP contribution >= 0.6 is 0 Å². The predicted octanol–water partition coefficient (Wildman–Crippen LogP) is 5.62. The van der Waals surface area contributed by atoms with Crippen LogP contribution in [0.25, 0.3) is 0 Å². The van der Waals surface area contributed by atoms with Gasteiger partial charge in [0.05, 0.1) is 0 Å². The molecule has 0 aromatic carbocycles. The van der Waals surface area contributed by atoms with Crippen LogP contribution in [0.15, 0.2) is 0 Å². The van der Waals surface area contributed by atoms with Crippen molar-refractivity contribution in [1.29, 1.82) is 0 Å². The van der Waals surface area contributed by atoms with Crippen molar-refractivity contribution >= 4 is 17.1 Å². The summed E-state index contributed by atoms with van der Waals surface area (Å²) in [6, 6.07) is 2.14. The van der Waals surface area contributed by atoms with E-state index in [-0.39, 0.29) is 0 Å². The van der Waals surface area contributed by atoms with Gasteiger partial charge in [-0.25, -0.2) is 0 Å². The van der Waals surface area contributed by atoms with Crippen LogP contribution in [-0.2, 0) is 17.7 Å². The maximum atomic E-state index is 6.11. The number of rotatable bonds is 17. The van der Waals surface area contributed by atoms with E-state index in [1.165, 1.54) is 0 Å². The lowest BCUT2D eigenvalue weighted by molar-refractivity contribution is 0.168. The summed E-state index contributed by atoms with van der Waals surface area (Å²) in [4.78, 5) is 0. The highest BCUT2D eigenvalue weighted by atomic mass is 28.4. The molecular formula is C18H42O4Si2. The molecule has 0 unspecified atom stereocenters. The molecule has 0 spiro atoms. The van der Waals surface area contributed by atoms with E-state index in [0.717, 1.165) is 77.0 Å². The van der Waals surface area contributed by atoms with Crippen LogP contribution in [0.1, 0.15) is 66.2 Å². The van der Waals surface area contributed by atoms with E-state index in [1.54, 1.807) is 0 Å². The van der Waals surface area contributed by atoms with Gasteiger partial charge in [-0.2, -0.15) is 0 Å². The van der Waals surface area contributed by atoms with Crippen molar-refractivity contribution in [2.24, 2.45) is 0 Å². The molecule has 0 N–H and O–H groups in total. The monoisotopic (exact) mass is 378 g/mol. The van der Waals surface area contributed by atoms with E-state index < -0.39 is 17.1 Å². The Kier molecular flexibility index (Phi) is 14.6. The van der Waals surface area contributed by atoms with Crippen LogP contribution < -0.4 is 0 Å². The molecule has 0 bridgehead atoms. The summed E-state index contributed by atoms with van der Waals surface area (Å²) in [6.45, 7) is 16.3. The van der Waals surface area contributed by atoms with Gasteiger partial charge in [-0.1, -0.05) is 40.5 Å². The third-order valence-corrected chi connectivity index (χ3v) is 9.74. The molecular weight excluding hydrogens is 336 g/mol. The predicted molar refractivity (Wildman–Crippen MR) is 107 cm³/mol. The molecule has 4 nitrogen and oxygen atoms in total. The lowest BCUT2D eigenvalue weighted by atomic mass is 10.4. The molecule has 0 aliphatic carbocycles. The third kappa shape index (κ3) is 11.8. The maximum Gasteiger partial charge on any atom is 0.334 e. The molecule has 0 saturated heterocycles. The standard InChI is InChI=1S/C18H42O4Si2/c1-7-13-19-23(5,20-14-8-2)17-11-12-18-24(6,21-15-9-3)22-16-10-4/h7-18H2,1-6H3. The van der Waals surface area contributed by atoms with Crippen molar-refractivity contribution in [2.45, 2.75) is 91.4 Å². The summed E-state index contributed by atoms with van der Waals surface area (Å²) in [5, 5.41) is 0. The zero-order chi connectivity index (χ0) is 18.3. The van der Waals surface area contributed by atoms with Crippen LogP contribution in [0.5, 0.6) is 0 Å². The van der Waals surface area contributed by atoms with E-state index >= 15 is 0 Å². The minimum absolute atomic E-state index is 0.818. The highest BCUT2D eigenvalue weighted by Crippen LogP contribution is 2.23. The first-order valence-electron chi connectivity index (χ1n) is 10.0. The Morgan fingerprint density at radius 2 is 0.750 bits per heavy atom. The molecule has 0 saturated carbocycles. The van der Waals surface area contributed by atoms with Gasteiger partial charge in [-0.05, 0) is 50.9 Å². The molecule has 0 amide bonds. The Morgan fingerprint density at radius 3 is 0.958 bits per heavy atom. The molecule has 0 radical (unpaired) electrons. The highest BCUT2D eigenvalue weighted by molar-refractivity contribution is 6.66. The van der Waals surface area contributed by atoms with Crippen molar-refractivity contribution < 1.29 is 17.7 Å². The van der Waals surface area contributed by atoms with Crippen molar-refractivity contribution in [3.8, 4) is 0 Å². The van der Waals surface area contributed by atoms with Gasteiger partial charge in [0.15, 0.2) is 0 Å². The average molecular weight is 379 g/mol. The SMILES string of the molecule is CCCO[Si](C)(CCCC[Si](C)(OCCC)OCCC)OCCC. The van der Waals surface area contributed by atoms with Gasteiger partial charge < -0.3 is 17.7 Å². The number of unbranched alkanes of at least 4 members (excludes halogenated alkanes) is 1. The molecule has 0 aromatic rings. The second kappa shape index (κ2) is 14.4. The van der Waals surface area contributed by atoms with Gasteiger partial charge in [-0.15, -0.1) is 0 Å². The Morgan fingerprint density at radius 1 is 0.500 bits per heavy atom. The highest BCUT2D eigenvalue weighted by Gasteiger charge is 2.33. The van der Waals surface area contributed by atoms with E-state index in [1.807, 2.05) is 0 Å². The zero-order valence-electron chi connectivity index (χ0n) is 17.1. The van der Waals surface area contributed by atoms with Gasteiger partial charge >= 0.3 is 17.1 Å². The second-order valence-electron chi connectivity index (χ2n) is 6.87. The topological polar surface area (TPSA) is 36.9 Å². The largest absolute Gasteiger partial charge is 0.394 e. The fourth-order valence-electron chi connectivity index (χ4n) is 2.54. The summed E-state index contributed by atoms with van der Waals surface area (Å²) in [5.74, 6) is 0. The van der Waals surface area contributed by atoms with E-state index in [2.05, 4.69) is 40.8 Å². The van der Waals surface area contributed by atoms with Crippen LogP contribution in [0.4, 0.5) is 0 Å². The van der Waals surface area contributed by atoms with Crippen molar-refractivity contribution in [3.05, 3.63) is 0 Å². The van der Waals surface area contributed by atoms with Crippen molar-refractivity contribution in [3.63, 3.8) is 0 Å². The normalized spacial score (nSPS) is 12.8. The summed E-state index contributed by atoms with van der Waals surface area (Å²) in [6.07, 6.45) is 6.50. The van der Waals surface area contributed by atoms with Gasteiger partial charge in [-0.3, -0.25) is 0 Å². The minimum Gasteiger partial charge on any atom is -0.394 e. The first kappa shape index (κ1) is 24.3. The van der Waals surface area contributed by atoms with Gasteiger partial charge in [0.25, 0.3) is 0 Å². The smallest absolute Gasteiger partial charge is 0.334 e. The van der Waals surface area contributed by atoms with E-state index in [0.29, 0.717) is 0 Å². The van der Waals surface area contributed by atoms with E-state index in [9.17, 15) is 0 Å². The third-order valence-electron chi connectivity index (χ3n) is 3.96. The summed E-state index contributed by atoms with van der Waals surface area (Å²) < 4.78 is 24.4. The van der Waals surface area contributed by atoms with Gasteiger partial charge in [0, 0.05) is 26.4 Å². The first-order valence-corrected chi connectivity index (χ1v) is 15.1. The van der Waals surface area contributed by atoms with Crippen LogP contribution in [-0.4, -0.2) is 43.5 Å². The molecule has 0 aromatic heterocycles. The van der Waals surface area contributed by atoms with Crippen LogP contribution in [0.3, 0.4) is 0 Å². The fourth-order valence-corrected chi connectivity index (χ4v) is 7.61. The Labute approximate surface area is 153 Å². The Hall–Kier alpha value is 0.274. The Balaban J connectivity index is 4.33. The Bertz CT molecular complexity index is 246. The molecule has 24 heavy (non-hydrogen) atoms. The van der Waals surface area contributed by atoms with Crippen LogP contribution in [0.2, 0.25) is 25.2 Å². The quantitative estimate of drug-likeness (QED) is 0.243. The first-order chi connectivity index (χ1) is 11.4. The van der Waals surface area contributed by atoms with Crippen LogP contribution in [0, 0.1) is 0 Å². The van der Waals surface area contributed by atoms with Crippen molar-refractivity contribution in [1.82, 2.24) is 0 Å². The fraction of sp³-hybridized carbons (Fsp3) is 1.00. The molecule has 0 aliphatic rings. The maximum absolute atomic E-state index is 6.11. The molecule has 6 heteroatoms.